The van der Waals surface area contributed by atoms with E-state index < -0.39 is 0 Å². The van der Waals surface area contributed by atoms with Gasteiger partial charge < -0.3 is 15.4 Å². The minimum absolute atomic E-state index is 0.0606. The smallest absolute Gasteiger partial charge is 0.255 e. The van der Waals surface area contributed by atoms with E-state index in [1.54, 1.807) is 25.3 Å². The van der Waals surface area contributed by atoms with E-state index in [-0.39, 0.29) is 17.9 Å². The molecule has 1 aliphatic heterocycles. The van der Waals surface area contributed by atoms with Crippen LogP contribution in [0.2, 0.25) is 0 Å². The summed E-state index contributed by atoms with van der Waals surface area (Å²) in [5.41, 5.74) is 3.85. The number of carbonyl (C=O) groups is 2. The summed E-state index contributed by atoms with van der Waals surface area (Å²) in [6.07, 6.45) is 3.86. The molecule has 3 atom stereocenters. The van der Waals surface area contributed by atoms with E-state index in [1.165, 1.54) is 19.3 Å². The number of methoxy groups -OCH3 is 1. The van der Waals surface area contributed by atoms with E-state index in [0.717, 1.165) is 24.2 Å². The Hall–Kier alpha value is -3.64. The van der Waals surface area contributed by atoms with Gasteiger partial charge in [-0.3, -0.25) is 14.5 Å². The van der Waals surface area contributed by atoms with Crippen molar-refractivity contribution < 1.29 is 14.3 Å². The lowest BCUT2D eigenvalue weighted by atomic mass is 9.97. The van der Waals surface area contributed by atoms with Gasteiger partial charge in [-0.2, -0.15) is 0 Å². The SMILES string of the molecule is COc1ccc(NC(=O)c2ccc(-c3ccccc3)cc2)cc1NC(=O)[C@H](C)N1CC2CCC(C2)C1. The fourth-order valence-corrected chi connectivity index (χ4v) is 5.50. The van der Waals surface area contributed by atoms with Crippen LogP contribution in [0.15, 0.2) is 72.8 Å². The number of nitrogens with zero attached hydrogens (tertiary/aromatic N) is 1. The Bertz CT molecular complexity index is 1210. The maximum atomic E-state index is 13.1. The van der Waals surface area contributed by atoms with Crippen molar-refractivity contribution in [3.8, 4) is 16.9 Å². The number of ether oxygens (including phenoxy) is 1. The summed E-state index contributed by atoms with van der Waals surface area (Å²) in [5.74, 6) is 1.71. The average molecular weight is 484 g/mol. The number of amides is 2. The predicted molar refractivity (Wildman–Crippen MR) is 143 cm³/mol. The van der Waals surface area contributed by atoms with Crippen molar-refractivity contribution in [1.29, 1.82) is 0 Å². The van der Waals surface area contributed by atoms with Crippen LogP contribution in [-0.4, -0.2) is 43.0 Å². The molecule has 3 aromatic carbocycles. The van der Waals surface area contributed by atoms with Crippen LogP contribution in [0.3, 0.4) is 0 Å². The van der Waals surface area contributed by atoms with Gasteiger partial charge in [0.15, 0.2) is 0 Å². The largest absolute Gasteiger partial charge is 0.495 e. The minimum Gasteiger partial charge on any atom is -0.495 e. The van der Waals surface area contributed by atoms with Gasteiger partial charge in [0, 0.05) is 24.3 Å². The second-order valence-corrected chi connectivity index (χ2v) is 9.98. The zero-order valence-corrected chi connectivity index (χ0v) is 20.9. The first kappa shape index (κ1) is 24.1. The maximum Gasteiger partial charge on any atom is 0.255 e. The lowest BCUT2D eigenvalue weighted by Gasteiger charge is -2.35. The number of fused-ring (bicyclic) bond motifs is 2. The van der Waals surface area contributed by atoms with Gasteiger partial charge in [0.05, 0.1) is 18.8 Å². The molecule has 6 heteroatoms. The molecule has 0 radical (unpaired) electrons. The molecule has 6 nitrogen and oxygen atoms in total. The van der Waals surface area contributed by atoms with Gasteiger partial charge in [-0.05, 0) is 79.5 Å². The molecule has 1 heterocycles. The average Bonchev–Trinajstić information content (AvgIpc) is 3.26. The second-order valence-electron chi connectivity index (χ2n) is 9.98. The van der Waals surface area contributed by atoms with Crippen LogP contribution < -0.4 is 15.4 Å². The maximum absolute atomic E-state index is 13.1. The molecule has 1 aliphatic carbocycles. The second kappa shape index (κ2) is 10.5. The molecule has 2 bridgehead atoms. The summed E-state index contributed by atoms with van der Waals surface area (Å²) in [6, 6.07) is 22.6. The quantitative estimate of drug-likeness (QED) is 0.454. The number of nitrogens with one attached hydrogen (secondary N) is 2. The predicted octanol–water partition coefficient (Wildman–Crippen LogP) is 5.67. The first-order valence-electron chi connectivity index (χ1n) is 12.7. The molecule has 2 fully saturated rings. The number of benzene rings is 3. The van der Waals surface area contributed by atoms with Crippen molar-refractivity contribution in [2.75, 3.05) is 30.8 Å². The van der Waals surface area contributed by atoms with Crippen molar-refractivity contribution in [3.05, 3.63) is 78.4 Å². The Labute approximate surface area is 212 Å². The van der Waals surface area contributed by atoms with Gasteiger partial charge in [0.2, 0.25) is 5.91 Å². The molecule has 0 spiro atoms. The lowest BCUT2D eigenvalue weighted by Crippen LogP contribution is -2.47. The summed E-state index contributed by atoms with van der Waals surface area (Å²) in [5, 5.41) is 5.97. The van der Waals surface area contributed by atoms with E-state index in [4.69, 9.17) is 4.74 Å². The molecule has 2 unspecified atom stereocenters. The fourth-order valence-electron chi connectivity index (χ4n) is 5.50. The number of rotatable bonds is 7. The highest BCUT2D eigenvalue weighted by Gasteiger charge is 2.36. The van der Waals surface area contributed by atoms with Crippen molar-refractivity contribution >= 4 is 23.2 Å². The van der Waals surface area contributed by atoms with Crippen LogP contribution in [0.25, 0.3) is 11.1 Å². The van der Waals surface area contributed by atoms with Gasteiger partial charge in [0.1, 0.15) is 5.75 Å². The van der Waals surface area contributed by atoms with Crippen LogP contribution in [0, 0.1) is 11.8 Å². The first-order chi connectivity index (χ1) is 17.5. The van der Waals surface area contributed by atoms with Gasteiger partial charge >= 0.3 is 0 Å². The Morgan fingerprint density at radius 3 is 2.22 bits per heavy atom. The van der Waals surface area contributed by atoms with E-state index in [2.05, 4.69) is 15.5 Å². The Morgan fingerprint density at radius 1 is 0.889 bits per heavy atom. The zero-order chi connectivity index (χ0) is 25.1. The molecular weight excluding hydrogens is 450 g/mol. The molecule has 2 amide bonds. The molecular formula is C30H33N3O3. The highest BCUT2D eigenvalue weighted by atomic mass is 16.5. The third-order valence-corrected chi connectivity index (χ3v) is 7.53. The van der Waals surface area contributed by atoms with Crippen molar-refractivity contribution in [2.45, 2.75) is 32.2 Å². The minimum atomic E-state index is -0.223. The van der Waals surface area contributed by atoms with Crippen molar-refractivity contribution in [1.82, 2.24) is 4.90 Å². The third kappa shape index (κ3) is 5.29. The van der Waals surface area contributed by atoms with Crippen molar-refractivity contribution in [3.63, 3.8) is 0 Å². The van der Waals surface area contributed by atoms with Crippen LogP contribution in [0.5, 0.6) is 5.75 Å². The molecule has 0 aromatic heterocycles. The molecule has 5 rings (SSSR count). The Balaban J connectivity index is 1.25. The van der Waals surface area contributed by atoms with E-state index in [9.17, 15) is 9.59 Å². The monoisotopic (exact) mass is 483 g/mol. The summed E-state index contributed by atoms with van der Waals surface area (Å²) >= 11 is 0. The molecule has 186 valence electrons. The van der Waals surface area contributed by atoms with E-state index in [0.29, 0.717) is 34.5 Å². The van der Waals surface area contributed by atoms with Gasteiger partial charge in [-0.1, -0.05) is 42.5 Å². The summed E-state index contributed by atoms with van der Waals surface area (Å²) < 4.78 is 5.47. The fraction of sp³-hybridized carbons (Fsp3) is 0.333. The van der Waals surface area contributed by atoms with Crippen LogP contribution in [0.4, 0.5) is 11.4 Å². The highest BCUT2D eigenvalue weighted by Crippen LogP contribution is 2.37. The number of likely N-dealkylation sites (tertiary alicyclic amines) is 1. The van der Waals surface area contributed by atoms with E-state index in [1.807, 2.05) is 61.5 Å². The first-order valence-corrected chi connectivity index (χ1v) is 12.7. The molecule has 2 aliphatic rings. The van der Waals surface area contributed by atoms with E-state index >= 15 is 0 Å². The van der Waals surface area contributed by atoms with Crippen LogP contribution >= 0.6 is 0 Å². The van der Waals surface area contributed by atoms with Crippen LogP contribution in [0.1, 0.15) is 36.5 Å². The topological polar surface area (TPSA) is 70.7 Å². The molecule has 36 heavy (non-hydrogen) atoms. The zero-order valence-electron chi connectivity index (χ0n) is 20.9. The Kier molecular flexibility index (Phi) is 7.05. The number of anilines is 2. The standard InChI is InChI=1S/C30H33N3O3/c1-20(33-18-21-8-9-22(16-21)19-33)29(34)32-27-17-26(14-15-28(27)36-2)31-30(35)25-12-10-24(11-13-25)23-6-4-3-5-7-23/h3-7,10-15,17,20-22H,8-9,16,18-19H2,1-2H3,(H,31,35)(H,32,34)/t20-,21?,22?/m0/s1. The number of piperidine rings is 1. The lowest BCUT2D eigenvalue weighted by molar-refractivity contribution is -0.121. The van der Waals surface area contributed by atoms with Gasteiger partial charge in [-0.25, -0.2) is 0 Å². The Morgan fingerprint density at radius 2 is 1.56 bits per heavy atom. The number of hydrogen-bond acceptors (Lipinski definition) is 4. The summed E-state index contributed by atoms with van der Waals surface area (Å²) in [7, 11) is 1.57. The molecule has 2 N–H and O–H groups in total. The molecule has 3 aromatic rings. The molecule has 1 saturated carbocycles. The summed E-state index contributed by atoms with van der Waals surface area (Å²) in [4.78, 5) is 28.3. The number of hydrogen-bond donors (Lipinski definition) is 2. The normalized spacial score (nSPS) is 19.9. The number of carbonyl (C=O) groups excluding carboxylic acids is 2. The van der Waals surface area contributed by atoms with Gasteiger partial charge in [0.25, 0.3) is 5.91 Å². The van der Waals surface area contributed by atoms with Crippen molar-refractivity contribution in [2.24, 2.45) is 11.8 Å². The van der Waals surface area contributed by atoms with Crippen LogP contribution in [-0.2, 0) is 4.79 Å². The highest BCUT2D eigenvalue weighted by molar-refractivity contribution is 6.05. The summed E-state index contributed by atoms with van der Waals surface area (Å²) in [6.45, 7) is 3.94. The molecule has 1 saturated heterocycles. The third-order valence-electron chi connectivity index (χ3n) is 7.53. The van der Waals surface area contributed by atoms with Gasteiger partial charge in [-0.15, -0.1) is 0 Å².